The summed E-state index contributed by atoms with van der Waals surface area (Å²) < 4.78 is 10.8. The number of benzene rings is 1. The van der Waals surface area contributed by atoms with E-state index in [-0.39, 0.29) is 5.91 Å². The van der Waals surface area contributed by atoms with Gasteiger partial charge in [-0.3, -0.25) is 9.69 Å². The van der Waals surface area contributed by atoms with Gasteiger partial charge >= 0.3 is 0 Å². The number of amides is 1. The standard InChI is InChI=1S/C18H28N2O3/c1-13(2)15-12-16(14(3)11-17(15)22-4)19-18(21)5-6-20-7-9-23-10-8-20/h11-13H,5-10H2,1-4H3,(H,19,21). The third-order valence-corrected chi connectivity index (χ3v) is 4.23. The number of nitrogens with zero attached hydrogens (tertiary/aromatic N) is 1. The lowest BCUT2D eigenvalue weighted by Gasteiger charge is -2.26. The van der Waals surface area contributed by atoms with Gasteiger partial charge in [-0.15, -0.1) is 0 Å². The van der Waals surface area contributed by atoms with Gasteiger partial charge in [-0.1, -0.05) is 13.8 Å². The van der Waals surface area contributed by atoms with Gasteiger partial charge in [0.25, 0.3) is 0 Å². The Labute approximate surface area is 139 Å². The van der Waals surface area contributed by atoms with Crippen LogP contribution in [0.1, 0.15) is 37.3 Å². The second kappa shape index (κ2) is 8.31. The summed E-state index contributed by atoms with van der Waals surface area (Å²) in [6.07, 6.45) is 0.502. The highest BCUT2D eigenvalue weighted by atomic mass is 16.5. The first kappa shape index (κ1) is 17.8. The summed E-state index contributed by atoms with van der Waals surface area (Å²) in [4.78, 5) is 14.5. The van der Waals surface area contributed by atoms with Crippen molar-refractivity contribution in [3.63, 3.8) is 0 Å². The van der Waals surface area contributed by atoms with Gasteiger partial charge < -0.3 is 14.8 Å². The maximum absolute atomic E-state index is 12.2. The molecule has 0 aromatic heterocycles. The molecule has 5 nitrogen and oxygen atoms in total. The van der Waals surface area contributed by atoms with Gasteiger partial charge in [0.15, 0.2) is 0 Å². The molecule has 0 unspecified atom stereocenters. The minimum absolute atomic E-state index is 0.0551. The van der Waals surface area contributed by atoms with Crippen LogP contribution in [0.5, 0.6) is 5.75 Å². The van der Waals surface area contributed by atoms with E-state index in [0.717, 1.165) is 55.4 Å². The minimum Gasteiger partial charge on any atom is -0.496 e. The molecule has 1 saturated heterocycles. The monoisotopic (exact) mass is 320 g/mol. The van der Waals surface area contributed by atoms with Crippen LogP contribution in [0.15, 0.2) is 12.1 Å². The topological polar surface area (TPSA) is 50.8 Å². The molecule has 0 spiro atoms. The lowest BCUT2D eigenvalue weighted by atomic mass is 9.99. The maximum atomic E-state index is 12.2. The number of morpholine rings is 1. The van der Waals surface area contributed by atoms with Gasteiger partial charge in [0, 0.05) is 31.7 Å². The molecule has 2 rings (SSSR count). The van der Waals surface area contributed by atoms with Crippen LogP contribution in [0.3, 0.4) is 0 Å². The lowest BCUT2D eigenvalue weighted by Crippen LogP contribution is -2.38. The van der Waals surface area contributed by atoms with Gasteiger partial charge in [0.05, 0.1) is 20.3 Å². The van der Waals surface area contributed by atoms with Crippen molar-refractivity contribution in [3.05, 3.63) is 23.3 Å². The Morgan fingerprint density at radius 2 is 2.04 bits per heavy atom. The summed E-state index contributed by atoms with van der Waals surface area (Å²) in [6, 6.07) is 4.03. The zero-order valence-corrected chi connectivity index (χ0v) is 14.6. The first-order valence-electron chi connectivity index (χ1n) is 8.29. The zero-order chi connectivity index (χ0) is 16.8. The van der Waals surface area contributed by atoms with Crippen molar-refractivity contribution in [2.45, 2.75) is 33.1 Å². The van der Waals surface area contributed by atoms with E-state index in [0.29, 0.717) is 12.3 Å². The van der Waals surface area contributed by atoms with Crippen LogP contribution < -0.4 is 10.1 Å². The summed E-state index contributed by atoms with van der Waals surface area (Å²) in [5.41, 5.74) is 3.01. The Morgan fingerprint density at radius 3 is 2.65 bits per heavy atom. The van der Waals surface area contributed by atoms with Gasteiger partial charge in [-0.25, -0.2) is 0 Å². The quantitative estimate of drug-likeness (QED) is 0.876. The summed E-state index contributed by atoms with van der Waals surface area (Å²) in [6.45, 7) is 10.4. The smallest absolute Gasteiger partial charge is 0.225 e. The van der Waals surface area contributed by atoms with Crippen LogP contribution in [0, 0.1) is 6.92 Å². The molecule has 128 valence electrons. The first-order valence-corrected chi connectivity index (χ1v) is 8.29. The number of hydrogen-bond donors (Lipinski definition) is 1. The van der Waals surface area contributed by atoms with E-state index in [1.807, 2.05) is 19.1 Å². The number of anilines is 1. The number of nitrogens with one attached hydrogen (secondary N) is 1. The van der Waals surface area contributed by atoms with Crippen LogP contribution in [-0.2, 0) is 9.53 Å². The van der Waals surface area contributed by atoms with Crippen molar-refractivity contribution >= 4 is 11.6 Å². The summed E-state index contributed by atoms with van der Waals surface area (Å²) in [7, 11) is 1.68. The van der Waals surface area contributed by atoms with Crippen LogP contribution in [-0.4, -0.2) is 50.8 Å². The molecule has 1 heterocycles. The van der Waals surface area contributed by atoms with Crippen molar-refractivity contribution in [3.8, 4) is 5.75 Å². The number of carbonyl (C=O) groups is 1. The number of rotatable bonds is 6. The van der Waals surface area contributed by atoms with Crippen LogP contribution >= 0.6 is 0 Å². The third kappa shape index (κ3) is 4.94. The van der Waals surface area contributed by atoms with E-state index in [1.165, 1.54) is 0 Å². The predicted molar refractivity (Wildman–Crippen MR) is 92.3 cm³/mol. The zero-order valence-electron chi connectivity index (χ0n) is 14.6. The fourth-order valence-electron chi connectivity index (χ4n) is 2.76. The number of carbonyl (C=O) groups excluding carboxylic acids is 1. The van der Waals surface area contributed by atoms with Crippen molar-refractivity contribution in [2.24, 2.45) is 0 Å². The molecule has 1 amide bonds. The highest BCUT2D eigenvalue weighted by molar-refractivity contribution is 5.91. The third-order valence-electron chi connectivity index (χ3n) is 4.23. The Kier molecular flexibility index (Phi) is 6.42. The Balaban J connectivity index is 1.98. The van der Waals surface area contributed by atoms with Crippen LogP contribution in [0.25, 0.3) is 0 Å². The Morgan fingerprint density at radius 1 is 1.35 bits per heavy atom. The fraction of sp³-hybridized carbons (Fsp3) is 0.611. The number of methoxy groups -OCH3 is 1. The highest BCUT2D eigenvalue weighted by Crippen LogP contribution is 2.32. The van der Waals surface area contributed by atoms with E-state index in [1.54, 1.807) is 7.11 Å². The van der Waals surface area contributed by atoms with Gasteiger partial charge in [0.2, 0.25) is 5.91 Å². The molecule has 1 fully saturated rings. The predicted octanol–water partition coefficient (Wildman–Crippen LogP) is 2.79. The molecule has 0 saturated carbocycles. The highest BCUT2D eigenvalue weighted by Gasteiger charge is 2.15. The molecule has 0 bridgehead atoms. The van der Waals surface area contributed by atoms with Crippen molar-refractivity contribution in [1.82, 2.24) is 4.90 Å². The molecule has 1 aliphatic rings. The van der Waals surface area contributed by atoms with Crippen molar-refractivity contribution < 1.29 is 14.3 Å². The van der Waals surface area contributed by atoms with Crippen molar-refractivity contribution in [2.75, 3.05) is 45.3 Å². The Hall–Kier alpha value is -1.59. The minimum atomic E-state index is 0.0551. The molecule has 5 heteroatoms. The molecular formula is C18H28N2O3. The normalized spacial score (nSPS) is 15.7. The second-order valence-corrected chi connectivity index (χ2v) is 6.32. The fourth-order valence-corrected chi connectivity index (χ4v) is 2.76. The molecule has 0 aliphatic carbocycles. The molecule has 23 heavy (non-hydrogen) atoms. The van der Waals surface area contributed by atoms with Gasteiger partial charge in [-0.05, 0) is 36.1 Å². The first-order chi connectivity index (χ1) is 11.0. The molecule has 1 N–H and O–H groups in total. The Bertz CT molecular complexity index is 537. The molecule has 1 aromatic carbocycles. The molecule has 1 aliphatic heterocycles. The summed E-state index contributed by atoms with van der Waals surface area (Å²) in [5.74, 6) is 1.28. The van der Waals surface area contributed by atoms with Crippen LogP contribution in [0.2, 0.25) is 0 Å². The average Bonchev–Trinajstić information content (AvgIpc) is 2.55. The largest absolute Gasteiger partial charge is 0.496 e. The average molecular weight is 320 g/mol. The van der Waals surface area contributed by atoms with E-state index in [2.05, 4.69) is 24.1 Å². The SMILES string of the molecule is COc1cc(C)c(NC(=O)CCN2CCOCC2)cc1C(C)C. The number of hydrogen-bond acceptors (Lipinski definition) is 4. The van der Waals surface area contributed by atoms with E-state index in [4.69, 9.17) is 9.47 Å². The molecule has 0 atom stereocenters. The number of ether oxygens (including phenoxy) is 2. The summed E-state index contributed by atoms with van der Waals surface area (Å²) >= 11 is 0. The van der Waals surface area contributed by atoms with E-state index < -0.39 is 0 Å². The van der Waals surface area contributed by atoms with Crippen LogP contribution in [0.4, 0.5) is 5.69 Å². The molecular weight excluding hydrogens is 292 g/mol. The maximum Gasteiger partial charge on any atom is 0.225 e. The lowest BCUT2D eigenvalue weighted by molar-refractivity contribution is -0.116. The van der Waals surface area contributed by atoms with E-state index in [9.17, 15) is 4.79 Å². The van der Waals surface area contributed by atoms with Gasteiger partial charge in [0.1, 0.15) is 5.75 Å². The summed E-state index contributed by atoms with van der Waals surface area (Å²) in [5, 5.41) is 3.04. The van der Waals surface area contributed by atoms with E-state index >= 15 is 0 Å². The van der Waals surface area contributed by atoms with Crippen molar-refractivity contribution in [1.29, 1.82) is 0 Å². The molecule has 1 aromatic rings. The van der Waals surface area contributed by atoms with Gasteiger partial charge in [-0.2, -0.15) is 0 Å². The number of aryl methyl sites for hydroxylation is 1. The molecule has 0 radical (unpaired) electrons. The second-order valence-electron chi connectivity index (χ2n) is 6.32.